The number of thioether (sulfide) groups is 1. The van der Waals surface area contributed by atoms with E-state index in [-0.39, 0.29) is 5.97 Å². The summed E-state index contributed by atoms with van der Waals surface area (Å²) in [4.78, 5) is 15.1. The van der Waals surface area contributed by atoms with Crippen LogP contribution in [0.5, 0.6) is 11.5 Å². The van der Waals surface area contributed by atoms with Gasteiger partial charge < -0.3 is 19.1 Å². The first-order chi connectivity index (χ1) is 10.0. The van der Waals surface area contributed by atoms with Crippen LogP contribution in [-0.2, 0) is 9.53 Å². The van der Waals surface area contributed by atoms with E-state index < -0.39 is 0 Å². The Morgan fingerprint density at radius 1 is 1.24 bits per heavy atom. The highest BCUT2D eigenvalue weighted by Crippen LogP contribution is 2.35. The molecule has 0 heterocycles. The van der Waals surface area contributed by atoms with Gasteiger partial charge in [-0.25, -0.2) is 4.79 Å². The average molecular weight is 311 g/mol. The molecule has 0 aliphatic rings. The summed E-state index contributed by atoms with van der Waals surface area (Å²) >= 11 is 1.32. The Labute approximate surface area is 129 Å². The van der Waals surface area contributed by atoms with Gasteiger partial charge in [0, 0.05) is 25.2 Å². The molecular weight excluding hydrogens is 290 g/mol. The van der Waals surface area contributed by atoms with E-state index in [1.165, 1.54) is 11.8 Å². The Hall–Kier alpha value is -1.82. The van der Waals surface area contributed by atoms with Crippen molar-refractivity contribution in [2.75, 3.05) is 34.9 Å². The molecule has 0 aliphatic carbocycles. The second kappa shape index (κ2) is 8.46. The maximum Gasteiger partial charge on any atom is 0.346 e. The zero-order valence-electron chi connectivity index (χ0n) is 13.0. The molecule has 5 nitrogen and oxygen atoms in total. The van der Waals surface area contributed by atoms with Gasteiger partial charge in [0.25, 0.3) is 0 Å². The zero-order valence-corrected chi connectivity index (χ0v) is 13.8. The smallest absolute Gasteiger partial charge is 0.346 e. The number of ether oxygens (including phenoxy) is 3. The molecule has 0 bridgehead atoms. The van der Waals surface area contributed by atoms with Crippen molar-refractivity contribution in [3.8, 4) is 11.5 Å². The van der Waals surface area contributed by atoms with Gasteiger partial charge in [0.1, 0.15) is 4.91 Å². The molecule has 1 aromatic carbocycles. The van der Waals surface area contributed by atoms with Gasteiger partial charge in [0.05, 0.1) is 20.8 Å². The predicted octanol–water partition coefficient (Wildman–Crippen LogP) is 2.76. The minimum Gasteiger partial charge on any atom is -0.493 e. The molecule has 0 N–H and O–H groups in total. The van der Waals surface area contributed by atoms with Crippen LogP contribution in [0.25, 0.3) is 0 Å². The van der Waals surface area contributed by atoms with Crippen molar-refractivity contribution < 1.29 is 19.0 Å². The van der Waals surface area contributed by atoms with Gasteiger partial charge >= 0.3 is 5.97 Å². The van der Waals surface area contributed by atoms with E-state index in [0.717, 1.165) is 4.90 Å². The Balaban J connectivity index is 3.01. The molecule has 116 valence electrons. The van der Waals surface area contributed by atoms with Gasteiger partial charge in [-0.3, -0.25) is 0 Å². The standard InChI is InChI=1S/C15H21NO4S/c1-6-20-15(17)14(10-16(2)3)21-11-7-8-12(18-4)13(9-11)19-5/h7-10H,6H2,1-5H3/b14-10-. The number of methoxy groups -OCH3 is 2. The molecule has 0 aromatic heterocycles. The molecule has 0 fully saturated rings. The van der Waals surface area contributed by atoms with Gasteiger partial charge in [-0.05, 0) is 25.1 Å². The largest absolute Gasteiger partial charge is 0.493 e. The molecule has 0 unspecified atom stereocenters. The number of esters is 1. The lowest BCUT2D eigenvalue weighted by atomic mass is 10.3. The van der Waals surface area contributed by atoms with Crippen molar-refractivity contribution in [2.45, 2.75) is 11.8 Å². The molecule has 0 spiro atoms. The monoisotopic (exact) mass is 311 g/mol. The summed E-state index contributed by atoms with van der Waals surface area (Å²) in [6.07, 6.45) is 1.74. The fourth-order valence-corrected chi connectivity index (χ4v) is 2.53. The minimum atomic E-state index is -0.342. The number of nitrogens with zero attached hydrogens (tertiary/aromatic N) is 1. The van der Waals surface area contributed by atoms with Crippen LogP contribution in [0, 0.1) is 0 Å². The highest BCUT2D eigenvalue weighted by atomic mass is 32.2. The predicted molar refractivity (Wildman–Crippen MR) is 83.8 cm³/mol. The van der Waals surface area contributed by atoms with Gasteiger partial charge in [0.2, 0.25) is 0 Å². The SMILES string of the molecule is CCOC(=O)/C(=C/N(C)C)Sc1ccc(OC)c(OC)c1. The summed E-state index contributed by atoms with van der Waals surface area (Å²) in [6.45, 7) is 2.13. The summed E-state index contributed by atoms with van der Waals surface area (Å²) in [5, 5.41) is 0. The third-order valence-corrected chi connectivity index (χ3v) is 3.42. The number of carbonyl (C=O) groups excluding carboxylic acids is 1. The lowest BCUT2D eigenvalue weighted by Crippen LogP contribution is -2.10. The van der Waals surface area contributed by atoms with Crippen LogP contribution < -0.4 is 9.47 Å². The molecule has 0 atom stereocenters. The van der Waals surface area contributed by atoms with Crippen molar-refractivity contribution >= 4 is 17.7 Å². The molecule has 1 rings (SSSR count). The first-order valence-electron chi connectivity index (χ1n) is 6.47. The van der Waals surface area contributed by atoms with E-state index in [4.69, 9.17) is 14.2 Å². The second-order valence-corrected chi connectivity index (χ2v) is 5.41. The highest BCUT2D eigenvalue weighted by molar-refractivity contribution is 8.04. The molecule has 21 heavy (non-hydrogen) atoms. The van der Waals surface area contributed by atoms with E-state index in [9.17, 15) is 4.79 Å². The van der Waals surface area contributed by atoms with Crippen LogP contribution in [-0.4, -0.2) is 45.8 Å². The van der Waals surface area contributed by atoms with Crippen molar-refractivity contribution in [3.63, 3.8) is 0 Å². The van der Waals surface area contributed by atoms with Crippen LogP contribution in [0.3, 0.4) is 0 Å². The first-order valence-corrected chi connectivity index (χ1v) is 7.28. The molecule has 0 saturated heterocycles. The van der Waals surface area contributed by atoms with Crippen LogP contribution in [0.1, 0.15) is 6.92 Å². The number of hydrogen-bond acceptors (Lipinski definition) is 6. The molecule has 0 amide bonds. The number of rotatable bonds is 7. The number of carbonyl (C=O) groups is 1. The third-order valence-electron chi connectivity index (χ3n) is 2.43. The molecule has 0 aliphatic heterocycles. The summed E-state index contributed by atoms with van der Waals surface area (Å²) in [5.41, 5.74) is 0. The maximum atomic E-state index is 12.0. The third kappa shape index (κ3) is 5.23. The first kappa shape index (κ1) is 17.2. The lowest BCUT2D eigenvalue weighted by Gasteiger charge is -2.12. The van der Waals surface area contributed by atoms with E-state index in [2.05, 4.69) is 0 Å². The fraction of sp³-hybridized carbons (Fsp3) is 0.400. The second-order valence-electron chi connectivity index (χ2n) is 4.30. The highest BCUT2D eigenvalue weighted by Gasteiger charge is 2.14. The molecule has 0 saturated carbocycles. The summed E-state index contributed by atoms with van der Waals surface area (Å²) in [5.74, 6) is 0.928. The summed E-state index contributed by atoms with van der Waals surface area (Å²) in [7, 11) is 6.87. The van der Waals surface area contributed by atoms with Gasteiger partial charge in [-0.2, -0.15) is 0 Å². The minimum absolute atomic E-state index is 0.342. The summed E-state index contributed by atoms with van der Waals surface area (Å²) < 4.78 is 15.5. The number of hydrogen-bond donors (Lipinski definition) is 0. The van der Waals surface area contributed by atoms with Gasteiger partial charge in [-0.15, -0.1) is 0 Å². The van der Waals surface area contributed by atoms with Crippen molar-refractivity contribution in [1.82, 2.24) is 4.90 Å². The number of benzene rings is 1. The molecule has 1 aromatic rings. The van der Waals surface area contributed by atoms with Crippen molar-refractivity contribution in [2.24, 2.45) is 0 Å². The maximum absolute atomic E-state index is 12.0. The Morgan fingerprint density at radius 3 is 2.43 bits per heavy atom. The van der Waals surface area contributed by atoms with Gasteiger partial charge in [0.15, 0.2) is 11.5 Å². The molecular formula is C15H21NO4S. The van der Waals surface area contributed by atoms with Crippen LogP contribution >= 0.6 is 11.8 Å². The summed E-state index contributed by atoms with van der Waals surface area (Å²) in [6, 6.07) is 5.50. The van der Waals surface area contributed by atoms with Crippen LogP contribution in [0.4, 0.5) is 0 Å². The average Bonchev–Trinajstić information content (AvgIpc) is 2.46. The Kier molecular flexibility index (Phi) is 6.94. The van der Waals surface area contributed by atoms with Crippen LogP contribution in [0.15, 0.2) is 34.2 Å². The van der Waals surface area contributed by atoms with Crippen molar-refractivity contribution in [1.29, 1.82) is 0 Å². The quantitative estimate of drug-likeness (QED) is 0.438. The van der Waals surface area contributed by atoms with Gasteiger partial charge in [-0.1, -0.05) is 11.8 Å². The Bertz CT molecular complexity index is 514. The van der Waals surface area contributed by atoms with E-state index in [0.29, 0.717) is 23.0 Å². The lowest BCUT2D eigenvalue weighted by molar-refractivity contribution is -0.137. The molecule has 0 radical (unpaired) electrons. The van der Waals surface area contributed by atoms with Crippen LogP contribution in [0.2, 0.25) is 0 Å². The fourth-order valence-electron chi connectivity index (χ4n) is 1.56. The van der Waals surface area contributed by atoms with E-state index in [1.54, 1.807) is 38.3 Å². The van der Waals surface area contributed by atoms with E-state index in [1.807, 2.05) is 26.2 Å². The normalized spacial score (nSPS) is 11.0. The Morgan fingerprint density at radius 2 is 1.90 bits per heavy atom. The zero-order chi connectivity index (χ0) is 15.8. The van der Waals surface area contributed by atoms with E-state index >= 15 is 0 Å². The molecule has 6 heteroatoms. The van der Waals surface area contributed by atoms with Crippen molar-refractivity contribution in [3.05, 3.63) is 29.3 Å². The topological polar surface area (TPSA) is 48.0 Å².